The zero-order valence-corrected chi connectivity index (χ0v) is 20.5. The molecule has 0 aliphatic rings. The number of nitrogens with zero attached hydrogens (tertiary/aromatic N) is 1. The maximum atomic E-state index is 12.8. The molecule has 4 aromatic rings. The van der Waals surface area contributed by atoms with Crippen molar-refractivity contribution in [1.29, 1.82) is 0 Å². The Kier molecular flexibility index (Phi) is 7.41. The van der Waals surface area contributed by atoms with Gasteiger partial charge in [-0.15, -0.1) is 0 Å². The lowest BCUT2D eigenvalue weighted by Gasteiger charge is -2.19. The minimum Gasteiger partial charge on any atom is -0.497 e. The maximum absolute atomic E-state index is 12.8. The van der Waals surface area contributed by atoms with Crippen LogP contribution in [0, 0.1) is 0 Å². The van der Waals surface area contributed by atoms with Gasteiger partial charge in [-0.3, -0.25) is 4.79 Å². The van der Waals surface area contributed by atoms with Crippen molar-refractivity contribution in [1.82, 2.24) is 10.3 Å². The van der Waals surface area contributed by atoms with Gasteiger partial charge in [0.25, 0.3) is 0 Å². The van der Waals surface area contributed by atoms with E-state index in [9.17, 15) is 4.79 Å². The van der Waals surface area contributed by atoms with E-state index in [0.29, 0.717) is 18.0 Å². The van der Waals surface area contributed by atoms with Gasteiger partial charge in [-0.25, -0.2) is 0 Å². The molecule has 6 nitrogen and oxygen atoms in total. The van der Waals surface area contributed by atoms with Gasteiger partial charge in [0, 0.05) is 61.0 Å². The number of ether oxygens (including phenoxy) is 2. The summed E-state index contributed by atoms with van der Waals surface area (Å²) in [6.45, 7) is 0.460. The Morgan fingerprint density at radius 1 is 1.03 bits per heavy atom. The summed E-state index contributed by atoms with van der Waals surface area (Å²) in [6, 6.07) is 22.2. The van der Waals surface area contributed by atoms with Crippen LogP contribution in [0.25, 0.3) is 17.0 Å². The van der Waals surface area contributed by atoms with Crippen molar-refractivity contribution in [3.05, 3.63) is 95.7 Å². The van der Waals surface area contributed by atoms with Gasteiger partial charge >= 0.3 is 0 Å². The van der Waals surface area contributed by atoms with Crippen molar-refractivity contribution in [3.63, 3.8) is 0 Å². The predicted octanol–water partition coefficient (Wildman–Crippen LogP) is 5.21. The first kappa shape index (κ1) is 24.0. The molecule has 0 saturated heterocycles. The normalized spacial score (nSPS) is 12.0. The van der Waals surface area contributed by atoms with E-state index in [4.69, 9.17) is 9.47 Å². The molecule has 1 heterocycles. The molecule has 180 valence electrons. The molecular weight excluding hydrogens is 438 g/mol. The lowest BCUT2D eigenvalue weighted by Crippen LogP contribution is -2.27. The van der Waals surface area contributed by atoms with Crippen molar-refractivity contribution in [2.24, 2.45) is 0 Å². The van der Waals surface area contributed by atoms with Gasteiger partial charge in [-0.05, 0) is 53.6 Å². The third kappa shape index (κ3) is 5.49. The minimum atomic E-state index is -0.176. The molecule has 0 radical (unpaired) electrons. The minimum absolute atomic E-state index is 0.00827. The van der Waals surface area contributed by atoms with Crippen molar-refractivity contribution >= 4 is 28.6 Å². The number of methoxy groups -OCH3 is 2. The number of aromatic amines is 1. The standard InChI is InChI=1S/C29H31N3O3/c1-32(2)22-12-9-20(10-13-22)25(26-19-30-27-8-6-5-7-24(26)27)18-31-29(33)16-11-21-17-23(34-3)14-15-28(21)35-4/h5-17,19,25,30H,18H2,1-4H3,(H,31,33). The number of hydrogen-bond donors (Lipinski definition) is 2. The molecule has 2 N–H and O–H groups in total. The van der Waals surface area contributed by atoms with Crippen LogP contribution in [0.3, 0.4) is 0 Å². The molecule has 0 bridgehead atoms. The highest BCUT2D eigenvalue weighted by molar-refractivity contribution is 5.92. The number of nitrogens with one attached hydrogen (secondary N) is 2. The number of aromatic nitrogens is 1. The van der Waals surface area contributed by atoms with Gasteiger partial charge in [0.2, 0.25) is 5.91 Å². The molecule has 35 heavy (non-hydrogen) atoms. The van der Waals surface area contributed by atoms with Crippen LogP contribution in [0.4, 0.5) is 5.69 Å². The maximum Gasteiger partial charge on any atom is 0.244 e. The van der Waals surface area contributed by atoms with Crippen LogP contribution < -0.4 is 19.7 Å². The van der Waals surface area contributed by atoms with E-state index >= 15 is 0 Å². The van der Waals surface area contributed by atoms with Crippen LogP contribution in [0.1, 0.15) is 22.6 Å². The molecule has 1 unspecified atom stereocenters. The fourth-order valence-electron chi connectivity index (χ4n) is 4.19. The van der Waals surface area contributed by atoms with Crippen LogP contribution in [-0.2, 0) is 4.79 Å². The Hall–Kier alpha value is -4.19. The number of H-pyrrole nitrogens is 1. The lowest BCUT2D eigenvalue weighted by atomic mass is 9.90. The second-order valence-electron chi connectivity index (χ2n) is 8.51. The molecule has 1 aromatic heterocycles. The highest BCUT2D eigenvalue weighted by atomic mass is 16.5. The van der Waals surface area contributed by atoms with E-state index in [2.05, 4.69) is 51.6 Å². The zero-order valence-electron chi connectivity index (χ0n) is 20.5. The monoisotopic (exact) mass is 469 g/mol. The fourth-order valence-corrected chi connectivity index (χ4v) is 4.19. The first-order valence-corrected chi connectivity index (χ1v) is 11.5. The summed E-state index contributed by atoms with van der Waals surface area (Å²) in [5, 5.41) is 4.24. The van der Waals surface area contributed by atoms with Crippen molar-refractivity contribution in [2.45, 2.75) is 5.92 Å². The van der Waals surface area contributed by atoms with Crippen LogP contribution in [0.5, 0.6) is 11.5 Å². The molecule has 3 aromatic carbocycles. The third-order valence-corrected chi connectivity index (χ3v) is 6.14. The smallest absolute Gasteiger partial charge is 0.244 e. The third-order valence-electron chi connectivity index (χ3n) is 6.14. The van der Waals surface area contributed by atoms with Crippen LogP contribution >= 0.6 is 0 Å². The van der Waals surface area contributed by atoms with E-state index in [1.165, 1.54) is 6.08 Å². The van der Waals surface area contributed by atoms with Gasteiger partial charge in [0.05, 0.1) is 14.2 Å². The van der Waals surface area contributed by atoms with E-state index < -0.39 is 0 Å². The molecule has 0 saturated carbocycles. The first-order chi connectivity index (χ1) is 17.0. The van der Waals surface area contributed by atoms with Gasteiger partial charge in [0.15, 0.2) is 0 Å². The van der Waals surface area contributed by atoms with E-state index in [0.717, 1.165) is 33.3 Å². The summed E-state index contributed by atoms with van der Waals surface area (Å²) in [5.74, 6) is 1.19. The highest BCUT2D eigenvalue weighted by Gasteiger charge is 2.19. The molecular formula is C29H31N3O3. The zero-order chi connectivity index (χ0) is 24.8. The predicted molar refractivity (Wildman–Crippen MR) is 143 cm³/mol. The molecule has 0 fully saturated rings. The summed E-state index contributed by atoms with van der Waals surface area (Å²) in [5.41, 5.74) is 5.27. The number of amides is 1. The Bertz CT molecular complexity index is 1320. The summed E-state index contributed by atoms with van der Waals surface area (Å²) in [4.78, 5) is 18.2. The van der Waals surface area contributed by atoms with Crippen molar-refractivity contribution in [3.8, 4) is 11.5 Å². The van der Waals surface area contributed by atoms with E-state index in [-0.39, 0.29) is 11.8 Å². The molecule has 1 atom stereocenters. The summed E-state index contributed by atoms with van der Waals surface area (Å²) >= 11 is 0. The van der Waals surface area contributed by atoms with Gasteiger partial charge in [-0.1, -0.05) is 30.3 Å². The second kappa shape index (κ2) is 10.8. The van der Waals surface area contributed by atoms with Gasteiger partial charge in [-0.2, -0.15) is 0 Å². The topological polar surface area (TPSA) is 66.6 Å². The van der Waals surface area contributed by atoms with Crippen LogP contribution in [-0.4, -0.2) is 45.8 Å². The average molecular weight is 470 g/mol. The van der Waals surface area contributed by atoms with E-state index in [1.54, 1.807) is 20.3 Å². The summed E-state index contributed by atoms with van der Waals surface area (Å²) in [6.07, 6.45) is 5.31. The Morgan fingerprint density at radius 2 is 1.80 bits per heavy atom. The molecule has 0 spiro atoms. The number of para-hydroxylation sites is 1. The number of hydrogen-bond acceptors (Lipinski definition) is 4. The van der Waals surface area contributed by atoms with Gasteiger partial charge in [0.1, 0.15) is 11.5 Å². The fraction of sp³-hybridized carbons (Fsp3) is 0.207. The quantitative estimate of drug-likeness (QED) is 0.330. The number of carbonyl (C=O) groups is 1. The highest BCUT2D eigenvalue weighted by Crippen LogP contribution is 2.31. The second-order valence-corrected chi connectivity index (χ2v) is 8.51. The van der Waals surface area contributed by atoms with E-state index in [1.807, 2.05) is 50.6 Å². The summed E-state index contributed by atoms with van der Waals surface area (Å²) < 4.78 is 10.7. The molecule has 0 aliphatic heterocycles. The summed E-state index contributed by atoms with van der Waals surface area (Å²) in [7, 11) is 7.26. The first-order valence-electron chi connectivity index (χ1n) is 11.5. The number of benzene rings is 3. The molecule has 1 amide bonds. The van der Waals surface area contributed by atoms with Crippen LogP contribution in [0.15, 0.2) is 79.0 Å². The number of carbonyl (C=O) groups excluding carboxylic acids is 1. The Morgan fingerprint density at radius 3 is 2.51 bits per heavy atom. The molecule has 4 rings (SSSR count). The Balaban J connectivity index is 1.57. The molecule has 6 heteroatoms. The SMILES string of the molecule is COc1ccc(OC)c(C=CC(=O)NCC(c2ccc(N(C)C)cc2)c2c[nH]c3ccccc23)c1. The number of anilines is 1. The Labute approximate surface area is 206 Å². The molecule has 0 aliphatic carbocycles. The van der Waals surface area contributed by atoms with Crippen molar-refractivity contribution in [2.75, 3.05) is 39.8 Å². The average Bonchev–Trinajstić information content (AvgIpc) is 3.31. The largest absolute Gasteiger partial charge is 0.497 e. The van der Waals surface area contributed by atoms with Gasteiger partial charge < -0.3 is 24.7 Å². The van der Waals surface area contributed by atoms with Crippen LogP contribution in [0.2, 0.25) is 0 Å². The number of fused-ring (bicyclic) bond motifs is 1. The lowest BCUT2D eigenvalue weighted by molar-refractivity contribution is -0.116. The van der Waals surface area contributed by atoms with Crippen molar-refractivity contribution < 1.29 is 14.3 Å². The number of rotatable bonds is 9.